The Morgan fingerprint density at radius 2 is 1.19 bits per heavy atom. The fraction of sp³-hybridized carbons (Fsp3) is 1.00. The van der Waals surface area contributed by atoms with E-state index in [1.807, 2.05) is 0 Å². The van der Waals surface area contributed by atoms with Gasteiger partial charge < -0.3 is 9.63 Å². The second-order valence-corrected chi connectivity index (χ2v) is 6.70. The molecule has 0 aromatic heterocycles. The zero-order valence-corrected chi connectivity index (χ0v) is 14.6. The Hall–Kier alpha value is 0.0700. The molecule has 0 aliphatic rings. The van der Waals surface area contributed by atoms with Gasteiger partial charge in [0.25, 0.3) is 0 Å². The van der Waals surface area contributed by atoms with Gasteiger partial charge in [-0.25, -0.2) is 4.57 Å². The van der Waals surface area contributed by atoms with Crippen molar-refractivity contribution in [3.05, 3.63) is 0 Å². The molecule has 0 saturated carbocycles. The van der Waals surface area contributed by atoms with Crippen LogP contribution in [0.5, 0.6) is 0 Å². The molecule has 1 atom stereocenters. The lowest BCUT2D eigenvalue weighted by molar-refractivity contribution is 0.153. The molecule has 0 fully saturated rings. The number of hydrogen-bond donors (Lipinski definition) is 1. The van der Waals surface area contributed by atoms with Crippen LogP contribution in [0.4, 0.5) is 0 Å². The van der Waals surface area contributed by atoms with E-state index in [1.54, 1.807) is 14.0 Å². The maximum atomic E-state index is 11.2. The Labute approximate surface area is 130 Å². The molecule has 0 aliphatic carbocycles. The number of unbranched alkanes of at least 4 members (excludes halogenated alkanes) is 9. The normalized spacial score (nSPS) is 14.2. The molecule has 1 unspecified atom stereocenters. The minimum Gasteiger partial charge on any atom is -0.385 e. The molecule has 0 aromatic rings. The highest BCUT2D eigenvalue weighted by molar-refractivity contribution is 7.47. The van der Waals surface area contributed by atoms with E-state index in [1.165, 1.54) is 44.9 Å². The summed E-state index contributed by atoms with van der Waals surface area (Å²) in [5.74, 6) is 0. The highest BCUT2D eigenvalue weighted by Gasteiger charge is 2.18. The van der Waals surface area contributed by atoms with Crippen LogP contribution in [0.3, 0.4) is 0 Å². The molecular formula is C15H33O5P. The van der Waals surface area contributed by atoms with Gasteiger partial charge >= 0.3 is 7.82 Å². The third-order valence-electron chi connectivity index (χ3n) is 3.29. The Kier molecular flexibility index (Phi) is 15.0. The van der Waals surface area contributed by atoms with Crippen LogP contribution in [0.1, 0.15) is 71.1 Å². The summed E-state index contributed by atoms with van der Waals surface area (Å²) in [6.07, 6.45) is 11.9. The van der Waals surface area contributed by atoms with Crippen LogP contribution in [0, 0.1) is 0 Å². The second-order valence-electron chi connectivity index (χ2n) is 5.25. The number of rotatable bonds is 16. The van der Waals surface area contributed by atoms with Crippen LogP contribution in [-0.2, 0) is 18.3 Å². The SMILES string of the molecule is CCOP(=O)(O)OCCCCCCCCCCCCOC. The van der Waals surface area contributed by atoms with E-state index < -0.39 is 7.82 Å². The summed E-state index contributed by atoms with van der Waals surface area (Å²) in [5.41, 5.74) is 0. The quantitative estimate of drug-likeness (QED) is 0.330. The van der Waals surface area contributed by atoms with Crippen molar-refractivity contribution in [3.63, 3.8) is 0 Å². The molecule has 0 rings (SSSR count). The lowest BCUT2D eigenvalue weighted by atomic mass is 10.1. The minimum absolute atomic E-state index is 0.194. The Balaban J connectivity index is 3.14. The van der Waals surface area contributed by atoms with Crippen molar-refractivity contribution < 1.29 is 23.2 Å². The lowest BCUT2D eigenvalue weighted by Crippen LogP contribution is -1.96. The molecule has 0 aliphatic heterocycles. The Morgan fingerprint density at radius 3 is 1.62 bits per heavy atom. The van der Waals surface area contributed by atoms with Crippen LogP contribution in [0.25, 0.3) is 0 Å². The molecule has 6 heteroatoms. The maximum absolute atomic E-state index is 11.2. The lowest BCUT2D eigenvalue weighted by Gasteiger charge is -2.10. The third kappa shape index (κ3) is 16.3. The van der Waals surface area contributed by atoms with Crippen LogP contribution >= 0.6 is 7.82 Å². The average Bonchev–Trinajstić information content (AvgIpc) is 2.44. The molecular weight excluding hydrogens is 291 g/mol. The van der Waals surface area contributed by atoms with Crippen molar-refractivity contribution >= 4 is 7.82 Å². The molecule has 0 spiro atoms. The summed E-state index contributed by atoms with van der Waals surface area (Å²) in [7, 11) is -2.03. The summed E-state index contributed by atoms with van der Waals surface area (Å²) in [6.45, 7) is 3.04. The molecule has 0 aromatic carbocycles. The topological polar surface area (TPSA) is 65.0 Å². The van der Waals surface area contributed by atoms with Gasteiger partial charge in [0, 0.05) is 13.7 Å². The number of phosphoric ester groups is 1. The van der Waals surface area contributed by atoms with Gasteiger partial charge in [0.2, 0.25) is 0 Å². The standard InChI is InChI=1S/C15H33O5P/c1-3-19-21(16,17)20-15-13-11-9-7-5-4-6-8-10-12-14-18-2/h3-15H2,1-2H3,(H,16,17). The fourth-order valence-corrected chi connectivity index (χ4v) is 2.90. The second kappa shape index (κ2) is 15.0. The van der Waals surface area contributed by atoms with Crippen molar-refractivity contribution in [3.8, 4) is 0 Å². The highest BCUT2D eigenvalue weighted by Crippen LogP contribution is 2.42. The van der Waals surface area contributed by atoms with Crippen molar-refractivity contribution in [1.82, 2.24) is 0 Å². The van der Waals surface area contributed by atoms with Crippen LogP contribution < -0.4 is 0 Å². The Morgan fingerprint density at radius 1 is 0.762 bits per heavy atom. The van der Waals surface area contributed by atoms with E-state index in [0.29, 0.717) is 6.61 Å². The van der Waals surface area contributed by atoms with Crippen LogP contribution in [-0.4, -0.2) is 31.8 Å². The molecule has 0 amide bonds. The summed E-state index contributed by atoms with van der Waals surface area (Å²) in [6, 6.07) is 0. The van der Waals surface area contributed by atoms with E-state index in [4.69, 9.17) is 9.26 Å². The molecule has 1 N–H and O–H groups in total. The number of methoxy groups -OCH3 is 1. The van der Waals surface area contributed by atoms with Crippen molar-refractivity contribution in [2.24, 2.45) is 0 Å². The van der Waals surface area contributed by atoms with Gasteiger partial charge in [-0.1, -0.05) is 51.4 Å². The number of ether oxygens (including phenoxy) is 1. The summed E-state index contributed by atoms with van der Waals surface area (Å²) in [5, 5.41) is 0. The summed E-state index contributed by atoms with van der Waals surface area (Å²) < 4.78 is 25.7. The predicted octanol–water partition coefficient (Wildman–Crippen LogP) is 4.69. The number of phosphoric acid groups is 1. The van der Waals surface area contributed by atoms with Crippen molar-refractivity contribution in [2.45, 2.75) is 71.1 Å². The predicted molar refractivity (Wildman–Crippen MR) is 85.4 cm³/mol. The first-order chi connectivity index (χ1) is 10.1. The van der Waals surface area contributed by atoms with Gasteiger partial charge in [-0.2, -0.15) is 0 Å². The van der Waals surface area contributed by atoms with E-state index in [2.05, 4.69) is 4.52 Å². The first kappa shape index (κ1) is 21.1. The monoisotopic (exact) mass is 324 g/mol. The minimum atomic E-state index is -3.78. The molecule has 0 bridgehead atoms. The number of hydrogen-bond acceptors (Lipinski definition) is 4. The van der Waals surface area contributed by atoms with Gasteiger partial charge in [0.1, 0.15) is 0 Å². The first-order valence-corrected chi connectivity index (χ1v) is 9.72. The summed E-state index contributed by atoms with van der Waals surface area (Å²) in [4.78, 5) is 9.19. The molecule has 0 saturated heterocycles. The van der Waals surface area contributed by atoms with E-state index in [-0.39, 0.29) is 6.61 Å². The van der Waals surface area contributed by atoms with Crippen molar-refractivity contribution in [2.75, 3.05) is 26.9 Å². The first-order valence-electron chi connectivity index (χ1n) is 8.23. The molecule has 128 valence electrons. The zero-order valence-electron chi connectivity index (χ0n) is 13.7. The highest BCUT2D eigenvalue weighted by atomic mass is 31.2. The molecule has 5 nitrogen and oxygen atoms in total. The fourth-order valence-electron chi connectivity index (χ4n) is 2.14. The van der Waals surface area contributed by atoms with Gasteiger partial charge in [0.05, 0.1) is 13.2 Å². The van der Waals surface area contributed by atoms with Gasteiger partial charge in [-0.15, -0.1) is 0 Å². The van der Waals surface area contributed by atoms with Crippen LogP contribution in [0.15, 0.2) is 0 Å². The van der Waals surface area contributed by atoms with Crippen molar-refractivity contribution in [1.29, 1.82) is 0 Å². The maximum Gasteiger partial charge on any atom is 0.472 e. The third-order valence-corrected chi connectivity index (χ3v) is 4.38. The summed E-state index contributed by atoms with van der Waals surface area (Å²) >= 11 is 0. The van der Waals surface area contributed by atoms with Gasteiger partial charge in [-0.05, 0) is 19.8 Å². The zero-order chi connectivity index (χ0) is 15.8. The molecule has 0 heterocycles. The molecule has 21 heavy (non-hydrogen) atoms. The smallest absolute Gasteiger partial charge is 0.385 e. The van der Waals surface area contributed by atoms with Gasteiger partial charge in [-0.3, -0.25) is 9.05 Å². The van der Waals surface area contributed by atoms with E-state index >= 15 is 0 Å². The largest absolute Gasteiger partial charge is 0.472 e. The van der Waals surface area contributed by atoms with E-state index in [9.17, 15) is 9.46 Å². The molecule has 0 radical (unpaired) electrons. The average molecular weight is 324 g/mol. The van der Waals surface area contributed by atoms with E-state index in [0.717, 1.165) is 25.9 Å². The van der Waals surface area contributed by atoms with Crippen LogP contribution in [0.2, 0.25) is 0 Å². The Bertz CT molecular complexity index is 260. The van der Waals surface area contributed by atoms with Gasteiger partial charge in [0.15, 0.2) is 0 Å².